The molecule has 0 aromatic carbocycles. The maximum Gasteiger partial charge on any atom is 0.223 e. The maximum absolute atomic E-state index is 4.97. The van der Waals surface area contributed by atoms with Crippen molar-refractivity contribution in [3.63, 3.8) is 0 Å². The zero-order valence-electron chi connectivity index (χ0n) is 10.7. The van der Waals surface area contributed by atoms with Crippen LogP contribution in [-0.4, -0.2) is 35.0 Å². The molecular weight excluding hydrogens is 232 g/mol. The van der Waals surface area contributed by atoms with Crippen LogP contribution in [0.2, 0.25) is 0 Å². The van der Waals surface area contributed by atoms with Gasteiger partial charge in [-0.25, -0.2) is 0 Å². The highest BCUT2D eigenvalue weighted by atomic mass is 16.5. The van der Waals surface area contributed by atoms with Crippen molar-refractivity contribution in [2.45, 2.75) is 20.0 Å². The summed E-state index contributed by atoms with van der Waals surface area (Å²) in [5.74, 6) is 1.29. The van der Waals surface area contributed by atoms with Crippen LogP contribution in [0.4, 0.5) is 0 Å². The number of ether oxygens (including phenoxy) is 1. The monoisotopic (exact) mass is 250 g/mol. The summed E-state index contributed by atoms with van der Waals surface area (Å²) in [5, 5.41) is 7.16. The molecule has 0 amide bonds. The van der Waals surface area contributed by atoms with E-state index in [1.807, 2.05) is 10.8 Å². The minimum atomic E-state index is 0.596. The van der Waals surface area contributed by atoms with Crippen molar-refractivity contribution in [3.8, 4) is 0 Å². The second-order valence-electron chi connectivity index (χ2n) is 4.09. The molecule has 0 radical (unpaired) electrons. The summed E-state index contributed by atoms with van der Waals surface area (Å²) in [5.41, 5.74) is 1.23. The first-order valence-corrected chi connectivity index (χ1v) is 5.91. The van der Waals surface area contributed by atoms with E-state index in [0.717, 1.165) is 19.7 Å². The van der Waals surface area contributed by atoms with Crippen molar-refractivity contribution in [2.24, 2.45) is 0 Å². The largest absolute Gasteiger partial charge is 0.383 e. The van der Waals surface area contributed by atoms with E-state index in [1.165, 1.54) is 5.56 Å². The minimum Gasteiger partial charge on any atom is -0.383 e. The molecule has 0 bridgehead atoms. The van der Waals surface area contributed by atoms with Crippen LogP contribution < -0.4 is 5.32 Å². The Labute approximate surface area is 106 Å². The van der Waals surface area contributed by atoms with Gasteiger partial charge in [-0.2, -0.15) is 4.98 Å². The van der Waals surface area contributed by atoms with E-state index < -0.39 is 0 Å². The molecule has 98 valence electrons. The lowest BCUT2D eigenvalue weighted by molar-refractivity contribution is 0.199. The van der Waals surface area contributed by atoms with Crippen LogP contribution in [0.3, 0.4) is 0 Å². The smallest absolute Gasteiger partial charge is 0.223 e. The van der Waals surface area contributed by atoms with Crippen LogP contribution >= 0.6 is 0 Å². The normalized spacial score (nSPS) is 11.0. The number of aromatic nitrogens is 3. The van der Waals surface area contributed by atoms with E-state index in [0.29, 0.717) is 18.3 Å². The Morgan fingerprint density at radius 1 is 1.50 bits per heavy atom. The molecule has 2 aromatic rings. The zero-order valence-corrected chi connectivity index (χ0v) is 10.7. The second-order valence-corrected chi connectivity index (χ2v) is 4.09. The number of hydrogen-bond acceptors (Lipinski definition) is 5. The molecule has 0 saturated carbocycles. The van der Waals surface area contributed by atoms with Crippen molar-refractivity contribution in [1.82, 2.24) is 20.0 Å². The van der Waals surface area contributed by atoms with Gasteiger partial charge in [-0.05, 0) is 11.6 Å². The SMILES string of the molecule is COCCNCc1ccn(Cc2noc(C)n2)c1. The Morgan fingerprint density at radius 2 is 2.39 bits per heavy atom. The summed E-state index contributed by atoms with van der Waals surface area (Å²) in [4.78, 5) is 4.17. The third kappa shape index (κ3) is 3.68. The number of nitrogens with zero attached hydrogens (tertiary/aromatic N) is 3. The van der Waals surface area contributed by atoms with Gasteiger partial charge in [0.1, 0.15) is 0 Å². The number of aryl methyl sites for hydroxylation is 1. The maximum atomic E-state index is 4.97. The Balaban J connectivity index is 1.82. The number of methoxy groups -OCH3 is 1. The summed E-state index contributed by atoms with van der Waals surface area (Å²) in [6, 6.07) is 2.08. The lowest BCUT2D eigenvalue weighted by atomic mass is 10.3. The Bertz CT molecular complexity index is 478. The van der Waals surface area contributed by atoms with Gasteiger partial charge < -0.3 is 19.1 Å². The molecule has 0 spiro atoms. The third-order valence-electron chi connectivity index (χ3n) is 2.52. The Morgan fingerprint density at radius 3 is 3.11 bits per heavy atom. The van der Waals surface area contributed by atoms with Crippen molar-refractivity contribution < 1.29 is 9.26 Å². The molecule has 2 heterocycles. The lowest BCUT2D eigenvalue weighted by Gasteiger charge is -2.01. The highest BCUT2D eigenvalue weighted by Gasteiger charge is 2.03. The molecule has 18 heavy (non-hydrogen) atoms. The molecular formula is C12H18N4O2. The summed E-state index contributed by atoms with van der Waals surface area (Å²) >= 11 is 0. The zero-order chi connectivity index (χ0) is 12.8. The molecule has 0 aliphatic heterocycles. The molecule has 0 unspecified atom stereocenters. The highest BCUT2D eigenvalue weighted by Crippen LogP contribution is 2.04. The first-order valence-electron chi connectivity index (χ1n) is 5.91. The van der Waals surface area contributed by atoms with Crippen molar-refractivity contribution in [3.05, 3.63) is 35.7 Å². The second kappa shape index (κ2) is 6.32. The van der Waals surface area contributed by atoms with Gasteiger partial charge in [-0.3, -0.25) is 0 Å². The van der Waals surface area contributed by atoms with Gasteiger partial charge in [-0.15, -0.1) is 0 Å². The molecule has 0 saturated heterocycles. The molecule has 6 heteroatoms. The van der Waals surface area contributed by atoms with E-state index in [-0.39, 0.29) is 0 Å². The van der Waals surface area contributed by atoms with E-state index in [4.69, 9.17) is 9.26 Å². The molecule has 2 rings (SSSR count). The predicted molar refractivity (Wildman–Crippen MR) is 66.2 cm³/mol. The van der Waals surface area contributed by atoms with Gasteiger partial charge in [0.15, 0.2) is 5.82 Å². The summed E-state index contributed by atoms with van der Waals surface area (Å²) < 4.78 is 11.9. The molecule has 0 fully saturated rings. The summed E-state index contributed by atoms with van der Waals surface area (Å²) in [6.45, 7) is 4.84. The van der Waals surface area contributed by atoms with E-state index >= 15 is 0 Å². The van der Waals surface area contributed by atoms with Crippen LogP contribution in [-0.2, 0) is 17.8 Å². The number of rotatable bonds is 7. The fourth-order valence-electron chi connectivity index (χ4n) is 1.67. The molecule has 0 atom stereocenters. The highest BCUT2D eigenvalue weighted by molar-refractivity contribution is 5.10. The lowest BCUT2D eigenvalue weighted by Crippen LogP contribution is -2.18. The van der Waals surface area contributed by atoms with Crippen LogP contribution in [0, 0.1) is 6.92 Å². The van der Waals surface area contributed by atoms with Crippen LogP contribution in [0.5, 0.6) is 0 Å². The molecule has 1 N–H and O–H groups in total. The van der Waals surface area contributed by atoms with Gasteiger partial charge in [0.05, 0.1) is 13.2 Å². The van der Waals surface area contributed by atoms with Crippen molar-refractivity contribution in [1.29, 1.82) is 0 Å². The molecule has 2 aromatic heterocycles. The minimum absolute atomic E-state index is 0.596. The Kier molecular flexibility index (Phi) is 4.49. The van der Waals surface area contributed by atoms with Gasteiger partial charge in [0, 0.05) is 39.5 Å². The quantitative estimate of drug-likeness (QED) is 0.742. The average molecular weight is 250 g/mol. The van der Waals surface area contributed by atoms with Gasteiger partial charge in [0.2, 0.25) is 5.89 Å². The first kappa shape index (κ1) is 12.8. The predicted octanol–water partition coefficient (Wildman–Crippen LogP) is 0.964. The van der Waals surface area contributed by atoms with Crippen molar-refractivity contribution in [2.75, 3.05) is 20.3 Å². The molecule has 0 aliphatic rings. The number of nitrogens with one attached hydrogen (secondary N) is 1. The van der Waals surface area contributed by atoms with E-state index in [9.17, 15) is 0 Å². The summed E-state index contributed by atoms with van der Waals surface area (Å²) in [6.07, 6.45) is 4.09. The van der Waals surface area contributed by atoms with Crippen LogP contribution in [0.25, 0.3) is 0 Å². The van der Waals surface area contributed by atoms with E-state index in [2.05, 4.69) is 27.7 Å². The first-order chi connectivity index (χ1) is 8.78. The van der Waals surface area contributed by atoms with E-state index in [1.54, 1.807) is 14.0 Å². The molecule has 6 nitrogen and oxygen atoms in total. The standard InChI is InChI=1S/C12H18N4O2/c1-10-14-12(15-18-10)9-16-5-3-11(8-16)7-13-4-6-17-2/h3,5,8,13H,4,6-7,9H2,1-2H3. The number of hydrogen-bond donors (Lipinski definition) is 1. The van der Waals surface area contributed by atoms with Gasteiger partial charge in [-0.1, -0.05) is 5.16 Å². The van der Waals surface area contributed by atoms with Crippen LogP contribution in [0.15, 0.2) is 23.0 Å². The third-order valence-corrected chi connectivity index (χ3v) is 2.52. The van der Waals surface area contributed by atoms with Gasteiger partial charge >= 0.3 is 0 Å². The van der Waals surface area contributed by atoms with Gasteiger partial charge in [0.25, 0.3) is 0 Å². The summed E-state index contributed by atoms with van der Waals surface area (Å²) in [7, 11) is 1.70. The topological polar surface area (TPSA) is 65.1 Å². The average Bonchev–Trinajstić information content (AvgIpc) is 2.95. The van der Waals surface area contributed by atoms with Crippen molar-refractivity contribution >= 4 is 0 Å². The molecule has 0 aliphatic carbocycles. The van der Waals surface area contributed by atoms with Crippen LogP contribution in [0.1, 0.15) is 17.3 Å². The fraction of sp³-hybridized carbons (Fsp3) is 0.500. The fourth-order valence-corrected chi connectivity index (χ4v) is 1.67. The Hall–Kier alpha value is -1.66.